The highest BCUT2D eigenvalue weighted by Crippen LogP contribution is 2.15. The molecule has 1 unspecified atom stereocenters. The van der Waals surface area contributed by atoms with Crippen LogP contribution >= 0.6 is 0 Å². The van der Waals surface area contributed by atoms with E-state index in [1.165, 1.54) is 7.11 Å². The van der Waals surface area contributed by atoms with Gasteiger partial charge in [-0.3, -0.25) is 9.59 Å². The first-order valence-corrected chi connectivity index (χ1v) is 6.45. The monoisotopic (exact) mass is 279 g/mol. The molecule has 1 rings (SSSR count). The number of rotatable bonds is 7. The number of ether oxygens (including phenoxy) is 1. The number of anilines is 2. The molecule has 0 saturated heterocycles. The molecule has 1 atom stereocenters. The van der Waals surface area contributed by atoms with E-state index in [0.717, 1.165) is 0 Å². The van der Waals surface area contributed by atoms with Crippen molar-refractivity contribution in [2.24, 2.45) is 0 Å². The van der Waals surface area contributed by atoms with Gasteiger partial charge in [-0.25, -0.2) is 0 Å². The summed E-state index contributed by atoms with van der Waals surface area (Å²) in [6.45, 7) is 2.28. The molecule has 0 spiro atoms. The molecule has 0 fully saturated rings. The zero-order valence-corrected chi connectivity index (χ0v) is 12.0. The minimum atomic E-state index is -0.524. The molecule has 0 aliphatic rings. The quantitative estimate of drug-likeness (QED) is 0.701. The van der Waals surface area contributed by atoms with E-state index in [0.29, 0.717) is 24.3 Å². The molecule has 0 aliphatic carbocycles. The average Bonchev–Trinajstić information content (AvgIpc) is 2.44. The maximum absolute atomic E-state index is 11.7. The molecule has 0 saturated carbocycles. The first-order chi connectivity index (χ1) is 9.56. The topological polar surface area (TPSA) is 79.5 Å². The number of methoxy groups -OCH3 is 1. The largest absolute Gasteiger partial charge is 0.372 e. The summed E-state index contributed by atoms with van der Waals surface area (Å²) in [6.07, 6.45) is -0.128. The summed E-state index contributed by atoms with van der Waals surface area (Å²) in [5.74, 6) is -0.306. The zero-order valence-electron chi connectivity index (χ0n) is 12.0. The van der Waals surface area contributed by atoms with Crippen LogP contribution in [0.25, 0.3) is 0 Å². The summed E-state index contributed by atoms with van der Waals surface area (Å²) in [6, 6.07) is 6.99. The zero-order chi connectivity index (χ0) is 15.0. The van der Waals surface area contributed by atoms with Crippen molar-refractivity contribution in [3.63, 3.8) is 0 Å². The minimum absolute atomic E-state index is 0.0758. The van der Waals surface area contributed by atoms with Gasteiger partial charge in [0.1, 0.15) is 6.10 Å². The van der Waals surface area contributed by atoms with Crippen LogP contribution in [-0.4, -0.2) is 38.6 Å². The molecule has 0 radical (unpaired) electrons. The summed E-state index contributed by atoms with van der Waals surface area (Å²) in [5, 5.41) is 8.40. The van der Waals surface area contributed by atoms with Crippen molar-refractivity contribution in [3.05, 3.63) is 24.3 Å². The Morgan fingerprint density at radius 2 is 1.90 bits per heavy atom. The van der Waals surface area contributed by atoms with Crippen molar-refractivity contribution >= 4 is 23.2 Å². The van der Waals surface area contributed by atoms with E-state index in [9.17, 15) is 9.59 Å². The Bertz CT molecular complexity index is 463. The number of amides is 2. The van der Waals surface area contributed by atoms with Gasteiger partial charge in [0.15, 0.2) is 0 Å². The molecular formula is C14H21N3O3. The van der Waals surface area contributed by atoms with Crippen LogP contribution in [0.4, 0.5) is 11.4 Å². The van der Waals surface area contributed by atoms with Crippen molar-refractivity contribution in [2.45, 2.75) is 19.4 Å². The Hall–Kier alpha value is -1.92. The number of carbonyl (C=O) groups is 2. The number of hydrogen-bond acceptors (Lipinski definition) is 4. The van der Waals surface area contributed by atoms with Gasteiger partial charge in [0.2, 0.25) is 5.91 Å². The van der Waals surface area contributed by atoms with Crippen LogP contribution < -0.4 is 16.0 Å². The second-order valence-corrected chi connectivity index (χ2v) is 4.35. The molecule has 110 valence electrons. The molecule has 20 heavy (non-hydrogen) atoms. The third-order valence-corrected chi connectivity index (χ3v) is 2.74. The van der Waals surface area contributed by atoms with Gasteiger partial charge in [0.25, 0.3) is 5.91 Å². The number of nitrogens with one attached hydrogen (secondary N) is 3. The van der Waals surface area contributed by atoms with Crippen molar-refractivity contribution in [3.8, 4) is 0 Å². The molecule has 0 aromatic heterocycles. The highest BCUT2D eigenvalue weighted by atomic mass is 16.5. The van der Waals surface area contributed by atoms with Gasteiger partial charge in [-0.2, -0.15) is 0 Å². The van der Waals surface area contributed by atoms with Crippen molar-refractivity contribution < 1.29 is 14.3 Å². The van der Waals surface area contributed by atoms with E-state index in [2.05, 4.69) is 16.0 Å². The summed E-state index contributed by atoms with van der Waals surface area (Å²) in [4.78, 5) is 23.3. The molecule has 1 aromatic carbocycles. The lowest BCUT2D eigenvalue weighted by Crippen LogP contribution is -2.26. The van der Waals surface area contributed by atoms with Crippen LogP contribution in [0.3, 0.4) is 0 Å². The Morgan fingerprint density at radius 1 is 1.25 bits per heavy atom. The summed E-state index contributed by atoms with van der Waals surface area (Å²) in [5.41, 5.74) is 1.26. The SMILES string of the molecule is CNCCC(=O)Nc1cccc(NC(=O)C(C)OC)c1. The summed E-state index contributed by atoms with van der Waals surface area (Å²) >= 11 is 0. The normalized spacial score (nSPS) is 11.8. The van der Waals surface area contributed by atoms with E-state index in [1.807, 2.05) is 0 Å². The van der Waals surface area contributed by atoms with Crippen molar-refractivity contribution in [1.82, 2.24) is 5.32 Å². The van der Waals surface area contributed by atoms with E-state index < -0.39 is 6.10 Å². The molecule has 0 aliphatic heterocycles. The molecule has 6 nitrogen and oxygen atoms in total. The van der Waals surface area contributed by atoms with Gasteiger partial charge in [-0.05, 0) is 32.2 Å². The Labute approximate surface area is 118 Å². The van der Waals surface area contributed by atoms with E-state index >= 15 is 0 Å². The van der Waals surface area contributed by atoms with E-state index in [-0.39, 0.29) is 11.8 Å². The maximum atomic E-state index is 11.7. The highest BCUT2D eigenvalue weighted by Gasteiger charge is 2.11. The summed E-state index contributed by atoms with van der Waals surface area (Å²) < 4.78 is 4.93. The standard InChI is InChI=1S/C14H21N3O3/c1-10(20-3)14(19)17-12-6-4-5-11(9-12)16-13(18)7-8-15-2/h4-6,9-10,15H,7-8H2,1-3H3,(H,16,18)(H,17,19). The van der Waals surface area contributed by atoms with Crippen LogP contribution in [0.15, 0.2) is 24.3 Å². The molecule has 0 bridgehead atoms. The van der Waals surface area contributed by atoms with Crippen LogP contribution in [0.5, 0.6) is 0 Å². The number of hydrogen-bond donors (Lipinski definition) is 3. The van der Waals surface area contributed by atoms with Gasteiger partial charge >= 0.3 is 0 Å². The van der Waals surface area contributed by atoms with Crippen LogP contribution in [0, 0.1) is 0 Å². The van der Waals surface area contributed by atoms with Gasteiger partial charge in [-0.15, -0.1) is 0 Å². The predicted molar refractivity (Wildman–Crippen MR) is 78.7 cm³/mol. The third kappa shape index (κ3) is 5.38. The second-order valence-electron chi connectivity index (χ2n) is 4.35. The lowest BCUT2D eigenvalue weighted by atomic mass is 10.2. The Balaban J connectivity index is 2.61. The third-order valence-electron chi connectivity index (χ3n) is 2.74. The molecule has 3 N–H and O–H groups in total. The molecular weight excluding hydrogens is 258 g/mol. The predicted octanol–water partition coefficient (Wildman–Crippen LogP) is 1.21. The van der Waals surface area contributed by atoms with E-state index in [1.54, 1.807) is 38.2 Å². The highest BCUT2D eigenvalue weighted by molar-refractivity contribution is 5.95. The van der Waals surface area contributed by atoms with Crippen LogP contribution in [0.1, 0.15) is 13.3 Å². The fraction of sp³-hybridized carbons (Fsp3) is 0.429. The Morgan fingerprint density at radius 3 is 2.50 bits per heavy atom. The van der Waals surface area contributed by atoms with Crippen molar-refractivity contribution in [1.29, 1.82) is 0 Å². The van der Waals surface area contributed by atoms with Gasteiger partial charge in [0.05, 0.1) is 0 Å². The molecule has 1 aromatic rings. The number of carbonyl (C=O) groups excluding carboxylic acids is 2. The molecule has 6 heteroatoms. The smallest absolute Gasteiger partial charge is 0.253 e. The first-order valence-electron chi connectivity index (χ1n) is 6.45. The Kier molecular flexibility index (Phi) is 6.69. The van der Waals surface area contributed by atoms with Gasteiger partial charge in [-0.1, -0.05) is 6.07 Å². The first kappa shape index (κ1) is 16.1. The van der Waals surface area contributed by atoms with Crippen LogP contribution in [-0.2, 0) is 14.3 Å². The second kappa shape index (κ2) is 8.29. The van der Waals surface area contributed by atoms with Gasteiger partial charge in [0, 0.05) is 31.5 Å². The lowest BCUT2D eigenvalue weighted by molar-refractivity contribution is -0.124. The fourth-order valence-electron chi connectivity index (χ4n) is 1.49. The lowest BCUT2D eigenvalue weighted by Gasteiger charge is -2.12. The molecule has 2 amide bonds. The fourth-order valence-corrected chi connectivity index (χ4v) is 1.49. The molecule has 0 heterocycles. The maximum Gasteiger partial charge on any atom is 0.253 e. The average molecular weight is 279 g/mol. The van der Waals surface area contributed by atoms with Crippen molar-refractivity contribution in [2.75, 3.05) is 31.3 Å². The number of benzene rings is 1. The van der Waals surface area contributed by atoms with Gasteiger partial charge < -0.3 is 20.7 Å². The van der Waals surface area contributed by atoms with Crippen LogP contribution in [0.2, 0.25) is 0 Å². The van der Waals surface area contributed by atoms with E-state index in [4.69, 9.17) is 4.74 Å². The minimum Gasteiger partial charge on any atom is -0.372 e. The summed E-state index contributed by atoms with van der Waals surface area (Å²) in [7, 11) is 3.27.